The summed E-state index contributed by atoms with van der Waals surface area (Å²) in [6.45, 7) is 4.00. The van der Waals surface area contributed by atoms with Crippen LogP contribution in [0.5, 0.6) is 0 Å². The van der Waals surface area contributed by atoms with Crippen LogP contribution in [0.2, 0.25) is 0 Å². The van der Waals surface area contributed by atoms with Crippen LogP contribution in [0.25, 0.3) is 5.69 Å². The monoisotopic (exact) mass is 320 g/mol. The van der Waals surface area contributed by atoms with Crippen LogP contribution < -0.4 is 10.6 Å². The molecule has 0 atom stereocenters. The average molecular weight is 320 g/mol. The van der Waals surface area contributed by atoms with Crippen molar-refractivity contribution in [2.24, 2.45) is 0 Å². The van der Waals surface area contributed by atoms with Gasteiger partial charge in [-0.15, -0.1) is 5.10 Å². The number of nitrogens with one attached hydrogen (secondary N) is 2. The van der Waals surface area contributed by atoms with Gasteiger partial charge >= 0.3 is 6.03 Å². The molecule has 24 heavy (non-hydrogen) atoms. The van der Waals surface area contributed by atoms with Crippen molar-refractivity contribution in [2.45, 2.75) is 20.3 Å². The Morgan fingerprint density at radius 3 is 2.62 bits per heavy atom. The molecule has 0 aliphatic rings. The van der Waals surface area contributed by atoms with E-state index in [2.05, 4.69) is 22.7 Å². The lowest BCUT2D eigenvalue weighted by atomic mass is 10.1. The number of para-hydroxylation sites is 1. The third-order valence-corrected chi connectivity index (χ3v) is 3.74. The van der Waals surface area contributed by atoms with E-state index in [4.69, 9.17) is 0 Å². The summed E-state index contributed by atoms with van der Waals surface area (Å²) in [5.41, 5.74) is 3.80. The zero-order chi connectivity index (χ0) is 16.9. The SMILES string of the molecule is CCc1cccc(NC(=O)Nc2nn(-c3ccccc3)cc2C)c1. The van der Waals surface area contributed by atoms with Crippen LogP contribution in [-0.4, -0.2) is 15.8 Å². The number of aromatic nitrogens is 2. The van der Waals surface area contributed by atoms with E-state index in [9.17, 15) is 4.79 Å². The van der Waals surface area contributed by atoms with Gasteiger partial charge in [-0.05, 0) is 43.2 Å². The van der Waals surface area contributed by atoms with Gasteiger partial charge in [0.15, 0.2) is 5.82 Å². The Morgan fingerprint density at radius 2 is 1.88 bits per heavy atom. The van der Waals surface area contributed by atoms with Crippen molar-refractivity contribution in [2.75, 3.05) is 10.6 Å². The molecule has 3 rings (SSSR count). The third-order valence-electron chi connectivity index (χ3n) is 3.74. The summed E-state index contributed by atoms with van der Waals surface area (Å²) in [5.74, 6) is 0.544. The zero-order valence-electron chi connectivity index (χ0n) is 13.8. The Labute approximate surface area is 141 Å². The molecule has 2 amide bonds. The summed E-state index contributed by atoms with van der Waals surface area (Å²) < 4.78 is 1.75. The Kier molecular flexibility index (Phi) is 4.61. The molecule has 0 aliphatic carbocycles. The molecule has 0 bridgehead atoms. The largest absolute Gasteiger partial charge is 0.324 e. The highest BCUT2D eigenvalue weighted by atomic mass is 16.2. The first-order valence-electron chi connectivity index (χ1n) is 7.94. The van der Waals surface area contributed by atoms with E-state index in [1.54, 1.807) is 4.68 Å². The second-order valence-corrected chi connectivity index (χ2v) is 5.57. The van der Waals surface area contributed by atoms with Crippen molar-refractivity contribution in [3.63, 3.8) is 0 Å². The number of hydrogen-bond acceptors (Lipinski definition) is 2. The number of anilines is 2. The Bertz CT molecular complexity index is 840. The van der Waals surface area contributed by atoms with Gasteiger partial charge in [-0.1, -0.05) is 37.3 Å². The molecule has 122 valence electrons. The Hall–Kier alpha value is -3.08. The number of benzene rings is 2. The number of hydrogen-bond donors (Lipinski definition) is 2. The van der Waals surface area contributed by atoms with Crippen molar-refractivity contribution in [3.8, 4) is 5.69 Å². The number of rotatable bonds is 4. The first-order chi connectivity index (χ1) is 11.7. The standard InChI is InChI=1S/C19H20N4O/c1-3-15-8-7-9-16(12-15)20-19(24)21-18-14(2)13-23(22-18)17-10-5-4-6-11-17/h4-13H,3H2,1-2H3,(H2,20,21,22,24). The fourth-order valence-electron chi connectivity index (χ4n) is 2.44. The van der Waals surface area contributed by atoms with Crippen molar-refractivity contribution < 1.29 is 4.79 Å². The summed E-state index contributed by atoms with van der Waals surface area (Å²) in [6.07, 6.45) is 2.82. The van der Waals surface area contributed by atoms with Crippen LogP contribution in [0, 0.1) is 6.92 Å². The number of nitrogens with zero attached hydrogens (tertiary/aromatic N) is 2. The van der Waals surface area contributed by atoms with Crippen LogP contribution in [0.4, 0.5) is 16.3 Å². The number of amides is 2. The van der Waals surface area contributed by atoms with Crippen LogP contribution in [0.1, 0.15) is 18.1 Å². The molecule has 0 fully saturated rings. The molecule has 0 unspecified atom stereocenters. The second kappa shape index (κ2) is 7.00. The first-order valence-corrected chi connectivity index (χ1v) is 7.94. The fraction of sp³-hybridized carbons (Fsp3) is 0.158. The average Bonchev–Trinajstić information content (AvgIpc) is 2.96. The van der Waals surface area contributed by atoms with E-state index in [-0.39, 0.29) is 6.03 Å². The number of urea groups is 1. The van der Waals surface area contributed by atoms with Crippen molar-refractivity contribution in [1.82, 2.24) is 9.78 Å². The molecule has 1 aromatic heterocycles. The molecule has 5 heteroatoms. The Balaban J connectivity index is 1.71. The van der Waals surface area contributed by atoms with Gasteiger partial charge in [0.2, 0.25) is 0 Å². The molecule has 1 heterocycles. The molecular formula is C19H20N4O. The molecule has 5 nitrogen and oxygen atoms in total. The number of aryl methyl sites for hydroxylation is 2. The van der Waals surface area contributed by atoms with Crippen LogP contribution in [0.15, 0.2) is 60.8 Å². The quantitative estimate of drug-likeness (QED) is 0.749. The highest BCUT2D eigenvalue weighted by Gasteiger charge is 2.10. The van der Waals surface area contributed by atoms with Gasteiger partial charge in [-0.3, -0.25) is 5.32 Å². The predicted octanol–water partition coefficient (Wildman–Crippen LogP) is 4.39. The minimum Gasteiger partial charge on any atom is -0.308 e. The third kappa shape index (κ3) is 3.63. The molecular weight excluding hydrogens is 300 g/mol. The van der Waals surface area contributed by atoms with E-state index in [1.165, 1.54) is 5.56 Å². The van der Waals surface area contributed by atoms with Gasteiger partial charge in [0, 0.05) is 17.4 Å². The second-order valence-electron chi connectivity index (χ2n) is 5.57. The smallest absolute Gasteiger partial charge is 0.308 e. The molecule has 2 aromatic carbocycles. The normalized spacial score (nSPS) is 10.4. The van der Waals surface area contributed by atoms with Crippen molar-refractivity contribution in [3.05, 3.63) is 71.9 Å². The Morgan fingerprint density at radius 1 is 1.08 bits per heavy atom. The van der Waals surface area contributed by atoms with Crippen LogP contribution in [0.3, 0.4) is 0 Å². The number of carbonyl (C=O) groups excluding carboxylic acids is 1. The molecule has 0 saturated carbocycles. The van der Waals surface area contributed by atoms with Gasteiger partial charge in [0.1, 0.15) is 0 Å². The van der Waals surface area contributed by atoms with Gasteiger partial charge in [-0.25, -0.2) is 9.48 Å². The minimum absolute atomic E-state index is 0.301. The van der Waals surface area contributed by atoms with Crippen molar-refractivity contribution >= 4 is 17.5 Å². The maximum Gasteiger partial charge on any atom is 0.324 e. The van der Waals surface area contributed by atoms with Crippen molar-refractivity contribution in [1.29, 1.82) is 0 Å². The maximum absolute atomic E-state index is 12.2. The summed E-state index contributed by atoms with van der Waals surface area (Å²) in [6, 6.07) is 17.3. The summed E-state index contributed by atoms with van der Waals surface area (Å²) in [4.78, 5) is 12.2. The maximum atomic E-state index is 12.2. The molecule has 0 radical (unpaired) electrons. The van der Waals surface area contributed by atoms with Crippen LogP contribution >= 0.6 is 0 Å². The minimum atomic E-state index is -0.301. The van der Waals surface area contributed by atoms with Gasteiger partial charge in [0.05, 0.1) is 5.69 Å². The molecule has 2 N–H and O–H groups in total. The zero-order valence-corrected chi connectivity index (χ0v) is 13.8. The van der Waals surface area contributed by atoms with E-state index in [1.807, 2.05) is 67.7 Å². The van der Waals surface area contributed by atoms with E-state index in [0.717, 1.165) is 23.4 Å². The van der Waals surface area contributed by atoms with Gasteiger partial charge < -0.3 is 5.32 Å². The molecule has 0 aliphatic heterocycles. The predicted molar refractivity (Wildman–Crippen MR) is 96.8 cm³/mol. The highest BCUT2D eigenvalue weighted by Crippen LogP contribution is 2.16. The first kappa shape index (κ1) is 15.8. The lowest BCUT2D eigenvalue weighted by molar-refractivity contribution is 0.262. The highest BCUT2D eigenvalue weighted by molar-refractivity contribution is 5.99. The molecule has 0 saturated heterocycles. The molecule has 0 spiro atoms. The lowest BCUT2D eigenvalue weighted by Crippen LogP contribution is -2.20. The van der Waals surface area contributed by atoms with E-state index >= 15 is 0 Å². The topological polar surface area (TPSA) is 59.0 Å². The van der Waals surface area contributed by atoms with Crippen LogP contribution in [-0.2, 0) is 6.42 Å². The van der Waals surface area contributed by atoms with E-state index in [0.29, 0.717) is 5.82 Å². The number of carbonyl (C=O) groups is 1. The molecule has 3 aromatic rings. The fourth-order valence-corrected chi connectivity index (χ4v) is 2.44. The van der Waals surface area contributed by atoms with Gasteiger partial charge in [0.25, 0.3) is 0 Å². The summed E-state index contributed by atoms with van der Waals surface area (Å²) in [5, 5.41) is 10.1. The van der Waals surface area contributed by atoms with E-state index < -0.39 is 0 Å². The van der Waals surface area contributed by atoms with Gasteiger partial charge in [-0.2, -0.15) is 0 Å². The lowest BCUT2D eigenvalue weighted by Gasteiger charge is -2.07. The summed E-state index contributed by atoms with van der Waals surface area (Å²) in [7, 11) is 0. The summed E-state index contributed by atoms with van der Waals surface area (Å²) >= 11 is 0.